The molecule has 0 aromatic rings. The van der Waals surface area contributed by atoms with Crippen LogP contribution in [0.4, 0.5) is 0 Å². The van der Waals surface area contributed by atoms with Gasteiger partial charge < -0.3 is 35.2 Å². The van der Waals surface area contributed by atoms with Crippen molar-refractivity contribution in [3.8, 4) is 0 Å². The molecule has 17 heavy (non-hydrogen) atoms. The molecule has 0 bridgehead atoms. The Kier molecular flexibility index (Phi) is 5.25. The highest BCUT2D eigenvalue weighted by atomic mass is 16.6. The van der Waals surface area contributed by atoms with Crippen LogP contribution in [0.25, 0.3) is 0 Å². The Hall–Kier alpha value is -0.770. The molecule has 0 amide bonds. The van der Waals surface area contributed by atoms with Crippen LogP contribution in [0.1, 0.15) is 0 Å². The van der Waals surface area contributed by atoms with Crippen LogP contribution in [0.15, 0.2) is 0 Å². The van der Waals surface area contributed by atoms with E-state index in [4.69, 9.17) is 9.47 Å². The van der Waals surface area contributed by atoms with E-state index in [1.165, 1.54) is 0 Å². The number of rotatable bonds is 4. The molecule has 1 fully saturated rings. The molecule has 8 heteroatoms. The van der Waals surface area contributed by atoms with Crippen LogP contribution < -0.4 is 5.32 Å². The van der Waals surface area contributed by atoms with E-state index in [2.05, 4.69) is 5.32 Å². The summed E-state index contributed by atoms with van der Waals surface area (Å²) in [5, 5.41) is 39.9. The number of hydrogen-bond donors (Lipinski definition) is 5. The van der Waals surface area contributed by atoms with Gasteiger partial charge in [0.15, 0.2) is 6.29 Å². The lowest BCUT2D eigenvalue weighted by atomic mass is 9.99. The van der Waals surface area contributed by atoms with E-state index in [-0.39, 0.29) is 13.2 Å². The zero-order valence-electron chi connectivity index (χ0n) is 9.31. The standard InChI is InChI=1S/C9H17NO7/c1-10-2-5(11)16-3-4-6(12)7(13)8(14)9(15)17-4/h4,6-10,12-15H,2-3H2,1H3. The van der Waals surface area contributed by atoms with Crippen molar-refractivity contribution in [2.24, 2.45) is 0 Å². The number of carbonyl (C=O) groups is 1. The Bertz CT molecular complexity index is 262. The Balaban J connectivity index is 2.45. The van der Waals surface area contributed by atoms with E-state index in [1.807, 2.05) is 0 Å². The lowest BCUT2D eigenvalue weighted by Gasteiger charge is -2.37. The number of hydrogen-bond acceptors (Lipinski definition) is 8. The Labute approximate surface area is 97.8 Å². The van der Waals surface area contributed by atoms with Crippen molar-refractivity contribution in [3.05, 3.63) is 0 Å². The number of aliphatic hydroxyl groups is 4. The van der Waals surface area contributed by atoms with Gasteiger partial charge in [-0.1, -0.05) is 0 Å². The van der Waals surface area contributed by atoms with Crippen molar-refractivity contribution in [2.45, 2.75) is 30.7 Å². The Morgan fingerprint density at radius 2 is 1.88 bits per heavy atom. The first kappa shape index (κ1) is 14.3. The van der Waals surface area contributed by atoms with Crippen LogP contribution in [0.5, 0.6) is 0 Å². The predicted octanol–water partition coefficient (Wildman–Crippen LogP) is -3.45. The van der Waals surface area contributed by atoms with Gasteiger partial charge in [-0.25, -0.2) is 0 Å². The van der Waals surface area contributed by atoms with Gasteiger partial charge in [0, 0.05) is 0 Å². The van der Waals surface area contributed by atoms with E-state index >= 15 is 0 Å². The van der Waals surface area contributed by atoms with Gasteiger partial charge in [0.2, 0.25) is 0 Å². The van der Waals surface area contributed by atoms with Crippen molar-refractivity contribution < 1.29 is 34.7 Å². The number of aliphatic hydroxyl groups excluding tert-OH is 4. The van der Waals surface area contributed by atoms with E-state index < -0.39 is 36.7 Å². The quantitative estimate of drug-likeness (QED) is 0.326. The van der Waals surface area contributed by atoms with Crippen LogP contribution in [0, 0.1) is 0 Å². The minimum absolute atomic E-state index is 0.00343. The third kappa shape index (κ3) is 3.60. The molecular weight excluding hydrogens is 234 g/mol. The molecule has 0 spiro atoms. The summed E-state index contributed by atoms with van der Waals surface area (Å²) in [5.41, 5.74) is 0. The molecule has 8 nitrogen and oxygen atoms in total. The van der Waals surface area contributed by atoms with Crippen LogP contribution in [0.2, 0.25) is 0 Å². The highest BCUT2D eigenvalue weighted by Gasteiger charge is 2.43. The molecule has 5 atom stereocenters. The van der Waals surface area contributed by atoms with Crippen molar-refractivity contribution in [3.63, 3.8) is 0 Å². The van der Waals surface area contributed by atoms with Crippen molar-refractivity contribution in [1.29, 1.82) is 0 Å². The second-order valence-corrected chi connectivity index (χ2v) is 3.75. The largest absolute Gasteiger partial charge is 0.462 e. The number of carbonyl (C=O) groups excluding carboxylic acids is 1. The van der Waals surface area contributed by atoms with Gasteiger partial charge in [-0.15, -0.1) is 0 Å². The fourth-order valence-corrected chi connectivity index (χ4v) is 1.44. The molecule has 5 N–H and O–H groups in total. The predicted molar refractivity (Wildman–Crippen MR) is 53.8 cm³/mol. The molecular formula is C9H17NO7. The molecule has 0 saturated carbocycles. The highest BCUT2D eigenvalue weighted by Crippen LogP contribution is 2.19. The molecule has 1 rings (SSSR count). The van der Waals surface area contributed by atoms with Crippen LogP contribution in [0.3, 0.4) is 0 Å². The first-order chi connectivity index (χ1) is 7.97. The van der Waals surface area contributed by atoms with E-state index in [0.29, 0.717) is 0 Å². The summed E-state index contributed by atoms with van der Waals surface area (Å²) in [5.74, 6) is -0.557. The molecule has 100 valence electrons. The minimum atomic E-state index is -1.62. The van der Waals surface area contributed by atoms with Crippen LogP contribution in [-0.2, 0) is 14.3 Å². The minimum Gasteiger partial charge on any atom is -0.462 e. The third-order valence-electron chi connectivity index (χ3n) is 2.42. The Morgan fingerprint density at radius 3 is 2.47 bits per heavy atom. The summed E-state index contributed by atoms with van der Waals surface area (Å²) in [4.78, 5) is 11.0. The summed E-state index contributed by atoms with van der Waals surface area (Å²) in [6.45, 7) is -0.320. The molecule has 0 aromatic heterocycles. The average molecular weight is 251 g/mol. The maximum Gasteiger partial charge on any atom is 0.320 e. The molecule has 5 unspecified atom stereocenters. The van der Waals surface area contributed by atoms with E-state index in [9.17, 15) is 25.2 Å². The van der Waals surface area contributed by atoms with E-state index in [0.717, 1.165) is 0 Å². The van der Waals surface area contributed by atoms with Crippen molar-refractivity contribution in [1.82, 2.24) is 5.32 Å². The molecule has 0 aromatic carbocycles. The summed E-state index contributed by atoms with van der Waals surface area (Å²) in [6.07, 6.45) is -7.28. The maximum absolute atomic E-state index is 11.0. The average Bonchev–Trinajstić information content (AvgIpc) is 2.30. The maximum atomic E-state index is 11.0. The fraction of sp³-hybridized carbons (Fsp3) is 0.889. The molecule has 1 heterocycles. The summed E-state index contributed by atoms with van der Waals surface area (Å²) in [7, 11) is 1.57. The number of likely N-dealkylation sites (N-methyl/N-ethyl adjacent to an activating group) is 1. The number of nitrogens with one attached hydrogen (secondary N) is 1. The van der Waals surface area contributed by atoms with Gasteiger partial charge in [0.05, 0.1) is 6.54 Å². The normalized spacial score (nSPS) is 37.8. The zero-order valence-corrected chi connectivity index (χ0v) is 9.31. The second kappa shape index (κ2) is 6.24. The van der Waals surface area contributed by atoms with Gasteiger partial charge in [0.1, 0.15) is 31.0 Å². The van der Waals surface area contributed by atoms with Gasteiger partial charge in [-0.3, -0.25) is 4.79 Å². The zero-order chi connectivity index (χ0) is 13.0. The smallest absolute Gasteiger partial charge is 0.320 e. The lowest BCUT2D eigenvalue weighted by molar-refractivity contribution is -0.287. The lowest BCUT2D eigenvalue weighted by Crippen LogP contribution is -2.58. The first-order valence-corrected chi connectivity index (χ1v) is 5.15. The topological polar surface area (TPSA) is 128 Å². The Morgan fingerprint density at radius 1 is 1.24 bits per heavy atom. The van der Waals surface area contributed by atoms with Crippen LogP contribution >= 0.6 is 0 Å². The summed E-state index contributed by atoms with van der Waals surface area (Å²) in [6, 6.07) is 0. The summed E-state index contributed by atoms with van der Waals surface area (Å²) < 4.78 is 9.54. The fourth-order valence-electron chi connectivity index (χ4n) is 1.44. The van der Waals surface area contributed by atoms with E-state index in [1.54, 1.807) is 7.05 Å². The highest BCUT2D eigenvalue weighted by molar-refractivity contribution is 5.71. The molecule has 1 aliphatic heterocycles. The van der Waals surface area contributed by atoms with Gasteiger partial charge in [0.25, 0.3) is 0 Å². The molecule has 1 aliphatic rings. The van der Waals surface area contributed by atoms with Gasteiger partial charge >= 0.3 is 5.97 Å². The first-order valence-electron chi connectivity index (χ1n) is 5.15. The molecule has 1 saturated heterocycles. The second-order valence-electron chi connectivity index (χ2n) is 3.75. The van der Waals surface area contributed by atoms with Crippen molar-refractivity contribution >= 4 is 5.97 Å². The van der Waals surface area contributed by atoms with Crippen LogP contribution in [-0.4, -0.2) is 77.3 Å². The van der Waals surface area contributed by atoms with Gasteiger partial charge in [-0.2, -0.15) is 0 Å². The summed E-state index contributed by atoms with van der Waals surface area (Å²) >= 11 is 0. The third-order valence-corrected chi connectivity index (χ3v) is 2.42. The monoisotopic (exact) mass is 251 g/mol. The molecule has 0 radical (unpaired) electrons. The number of esters is 1. The van der Waals surface area contributed by atoms with Crippen molar-refractivity contribution in [2.75, 3.05) is 20.2 Å². The number of ether oxygens (including phenoxy) is 2. The van der Waals surface area contributed by atoms with Gasteiger partial charge in [-0.05, 0) is 7.05 Å². The molecule has 0 aliphatic carbocycles. The SMILES string of the molecule is CNCC(=O)OCC1OC(O)C(O)C(O)C1O.